The minimum absolute atomic E-state index is 0.0791. The predicted molar refractivity (Wildman–Crippen MR) is 69.1 cm³/mol. The fourth-order valence-electron chi connectivity index (χ4n) is 2.17. The molecule has 1 aliphatic heterocycles. The largest absolute Gasteiger partial charge is 0.422 e. The Morgan fingerprint density at radius 3 is 2.78 bits per heavy atom. The zero-order valence-corrected chi connectivity index (χ0v) is 10.8. The second kappa shape index (κ2) is 4.76. The topological polar surface area (TPSA) is 42.4 Å². The highest BCUT2D eigenvalue weighted by atomic mass is 35.5. The number of nitrogens with zero attached hydrogens (tertiary/aromatic N) is 2. The number of carbonyl (C=O) groups is 1. The van der Waals surface area contributed by atoms with Crippen LogP contribution in [0.5, 0.6) is 5.75 Å². The molecule has 2 heterocycles. The lowest BCUT2D eigenvalue weighted by atomic mass is 10.3. The quantitative estimate of drug-likeness (QED) is 0.789. The molecule has 0 unspecified atom stereocenters. The van der Waals surface area contributed by atoms with Crippen LogP contribution in [-0.2, 0) is 4.79 Å². The van der Waals surface area contributed by atoms with E-state index in [1.165, 1.54) is 0 Å². The second-order valence-electron chi connectivity index (χ2n) is 4.86. The second-order valence-corrected chi connectivity index (χ2v) is 5.30. The maximum Gasteiger partial charge on any atom is 0.314 e. The first kappa shape index (κ1) is 11.8. The summed E-state index contributed by atoms with van der Waals surface area (Å²) in [6.45, 7) is 1.92. The average Bonchev–Trinajstić information content (AvgIpc) is 3.07. The average molecular weight is 267 g/mol. The summed E-state index contributed by atoms with van der Waals surface area (Å²) in [6, 6.07) is 1.68. The van der Waals surface area contributed by atoms with Crippen molar-refractivity contribution in [3.63, 3.8) is 0 Å². The minimum Gasteiger partial charge on any atom is -0.422 e. The van der Waals surface area contributed by atoms with Crippen LogP contribution in [0.4, 0.5) is 5.82 Å². The first-order valence-corrected chi connectivity index (χ1v) is 6.74. The molecule has 2 fully saturated rings. The minimum atomic E-state index is -0.153. The van der Waals surface area contributed by atoms with Gasteiger partial charge in [-0.3, -0.25) is 4.79 Å². The Hall–Kier alpha value is -1.29. The summed E-state index contributed by atoms with van der Waals surface area (Å²) in [6.07, 6.45) is 5.78. The van der Waals surface area contributed by atoms with E-state index in [2.05, 4.69) is 9.88 Å². The lowest BCUT2D eigenvalue weighted by Crippen LogP contribution is -2.21. The van der Waals surface area contributed by atoms with Crippen molar-refractivity contribution in [2.75, 3.05) is 18.0 Å². The molecule has 1 aliphatic carbocycles. The van der Waals surface area contributed by atoms with Crippen molar-refractivity contribution >= 4 is 23.4 Å². The van der Waals surface area contributed by atoms with Crippen molar-refractivity contribution in [1.82, 2.24) is 4.98 Å². The fourth-order valence-corrected chi connectivity index (χ4v) is 2.31. The summed E-state index contributed by atoms with van der Waals surface area (Å²) in [5.41, 5.74) is 0. The molecule has 0 atom stereocenters. The molecule has 0 radical (unpaired) electrons. The lowest BCUT2D eigenvalue weighted by Gasteiger charge is -2.19. The van der Waals surface area contributed by atoms with Gasteiger partial charge in [0.25, 0.3) is 0 Å². The summed E-state index contributed by atoms with van der Waals surface area (Å²) < 4.78 is 5.44. The Morgan fingerprint density at radius 2 is 2.11 bits per heavy atom. The van der Waals surface area contributed by atoms with Crippen LogP contribution in [0, 0.1) is 5.92 Å². The number of halogens is 1. The van der Waals surface area contributed by atoms with Gasteiger partial charge in [-0.05, 0) is 25.7 Å². The van der Waals surface area contributed by atoms with Crippen molar-refractivity contribution in [2.45, 2.75) is 25.7 Å². The van der Waals surface area contributed by atoms with Gasteiger partial charge >= 0.3 is 5.97 Å². The van der Waals surface area contributed by atoms with Gasteiger partial charge in [-0.1, -0.05) is 11.6 Å². The monoisotopic (exact) mass is 266 g/mol. The number of rotatable bonds is 3. The summed E-state index contributed by atoms with van der Waals surface area (Å²) in [5.74, 6) is 1.17. The van der Waals surface area contributed by atoms with E-state index in [0.717, 1.165) is 44.6 Å². The molecule has 96 valence electrons. The first-order chi connectivity index (χ1) is 8.74. The van der Waals surface area contributed by atoms with E-state index in [-0.39, 0.29) is 11.9 Å². The number of hydrogen-bond acceptors (Lipinski definition) is 4. The molecule has 0 bridgehead atoms. The van der Waals surface area contributed by atoms with Crippen LogP contribution in [0.3, 0.4) is 0 Å². The molecule has 4 nitrogen and oxygen atoms in total. The van der Waals surface area contributed by atoms with Crippen LogP contribution in [-0.4, -0.2) is 24.0 Å². The van der Waals surface area contributed by atoms with Crippen molar-refractivity contribution in [3.8, 4) is 5.75 Å². The van der Waals surface area contributed by atoms with Gasteiger partial charge in [0.15, 0.2) is 11.6 Å². The number of carbonyl (C=O) groups excluding carboxylic acids is 1. The summed E-state index contributed by atoms with van der Waals surface area (Å²) >= 11 is 5.93. The van der Waals surface area contributed by atoms with E-state index in [1.807, 2.05) is 0 Å². The molecular formula is C13H15ClN2O2. The third kappa shape index (κ3) is 2.43. The number of esters is 1. The Balaban J connectivity index is 1.84. The smallest absolute Gasteiger partial charge is 0.314 e. The van der Waals surface area contributed by atoms with Crippen LogP contribution in [0.15, 0.2) is 12.3 Å². The number of pyridine rings is 1. The van der Waals surface area contributed by atoms with Crippen LogP contribution in [0.2, 0.25) is 5.02 Å². The van der Waals surface area contributed by atoms with E-state index in [1.54, 1.807) is 12.3 Å². The molecule has 2 aliphatic rings. The summed E-state index contributed by atoms with van der Waals surface area (Å²) in [5, 5.41) is 0.497. The van der Waals surface area contributed by atoms with Gasteiger partial charge in [0, 0.05) is 25.4 Å². The van der Waals surface area contributed by atoms with Crippen molar-refractivity contribution < 1.29 is 9.53 Å². The van der Waals surface area contributed by atoms with E-state index < -0.39 is 0 Å². The third-order valence-corrected chi connectivity index (χ3v) is 3.53. The van der Waals surface area contributed by atoms with E-state index in [4.69, 9.17) is 16.3 Å². The molecular weight excluding hydrogens is 252 g/mol. The molecule has 0 N–H and O–H groups in total. The normalized spacial score (nSPS) is 19.1. The van der Waals surface area contributed by atoms with Gasteiger partial charge in [0.05, 0.1) is 10.9 Å². The highest BCUT2D eigenvalue weighted by molar-refractivity contribution is 6.30. The van der Waals surface area contributed by atoms with Gasteiger partial charge in [-0.15, -0.1) is 0 Å². The maximum atomic E-state index is 11.7. The van der Waals surface area contributed by atoms with E-state index in [0.29, 0.717) is 10.8 Å². The molecule has 0 spiro atoms. The molecule has 3 rings (SSSR count). The fraction of sp³-hybridized carbons (Fsp3) is 0.538. The molecule has 1 saturated carbocycles. The van der Waals surface area contributed by atoms with E-state index in [9.17, 15) is 4.79 Å². The van der Waals surface area contributed by atoms with Crippen molar-refractivity contribution in [1.29, 1.82) is 0 Å². The Morgan fingerprint density at radius 1 is 1.39 bits per heavy atom. The van der Waals surface area contributed by atoms with E-state index >= 15 is 0 Å². The first-order valence-electron chi connectivity index (χ1n) is 6.36. The lowest BCUT2D eigenvalue weighted by molar-refractivity contribution is -0.135. The molecule has 1 aromatic heterocycles. The third-order valence-electron chi connectivity index (χ3n) is 3.33. The molecule has 0 aromatic carbocycles. The van der Waals surface area contributed by atoms with Gasteiger partial charge in [-0.2, -0.15) is 0 Å². The SMILES string of the molecule is O=C(Oc1cc(Cl)cnc1N1CCCC1)C1CC1. The molecule has 18 heavy (non-hydrogen) atoms. The Bertz CT molecular complexity index is 468. The number of aromatic nitrogens is 1. The standard InChI is InChI=1S/C13H15ClN2O2/c14-10-7-11(18-13(17)9-3-4-9)12(15-8-10)16-5-1-2-6-16/h7-9H,1-6H2. The zero-order chi connectivity index (χ0) is 12.5. The number of ether oxygens (including phenoxy) is 1. The molecule has 1 aromatic rings. The number of hydrogen-bond donors (Lipinski definition) is 0. The maximum absolute atomic E-state index is 11.7. The van der Waals surface area contributed by atoms with Gasteiger partial charge in [0.2, 0.25) is 0 Å². The zero-order valence-electron chi connectivity index (χ0n) is 10.1. The molecule has 0 amide bonds. The van der Waals surface area contributed by atoms with Crippen molar-refractivity contribution in [3.05, 3.63) is 17.3 Å². The number of anilines is 1. The van der Waals surface area contributed by atoms with Gasteiger partial charge in [0.1, 0.15) is 0 Å². The highest BCUT2D eigenvalue weighted by Crippen LogP contribution is 2.35. The Labute approximate surface area is 111 Å². The molecule has 5 heteroatoms. The van der Waals surface area contributed by atoms with Crippen LogP contribution in [0.25, 0.3) is 0 Å². The van der Waals surface area contributed by atoms with Crippen LogP contribution >= 0.6 is 11.6 Å². The van der Waals surface area contributed by atoms with Crippen LogP contribution in [0.1, 0.15) is 25.7 Å². The van der Waals surface area contributed by atoms with Gasteiger partial charge < -0.3 is 9.64 Å². The van der Waals surface area contributed by atoms with Crippen LogP contribution < -0.4 is 9.64 Å². The molecule has 1 saturated heterocycles. The Kier molecular flexibility index (Phi) is 3.12. The van der Waals surface area contributed by atoms with Crippen molar-refractivity contribution in [2.24, 2.45) is 5.92 Å². The predicted octanol–water partition coefficient (Wildman–Crippen LogP) is 2.65. The summed E-state index contributed by atoms with van der Waals surface area (Å²) in [7, 11) is 0. The highest BCUT2D eigenvalue weighted by Gasteiger charge is 2.32. The summed E-state index contributed by atoms with van der Waals surface area (Å²) in [4.78, 5) is 18.2. The van der Waals surface area contributed by atoms with Gasteiger partial charge in [-0.25, -0.2) is 4.98 Å².